The van der Waals surface area contributed by atoms with Crippen molar-refractivity contribution in [2.24, 2.45) is 0 Å². The molecule has 0 spiro atoms. The number of benzene rings is 2. The van der Waals surface area contributed by atoms with E-state index in [1.165, 1.54) is 0 Å². The molecule has 0 saturated heterocycles. The van der Waals surface area contributed by atoms with E-state index in [0.29, 0.717) is 5.75 Å². The van der Waals surface area contributed by atoms with E-state index in [2.05, 4.69) is 0 Å². The molecule has 1 aliphatic heterocycles. The van der Waals surface area contributed by atoms with Crippen LogP contribution in [0, 0.1) is 0 Å². The largest absolute Gasteiger partial charge is 0.507 e. The van der Waals surface area contributed by atoms with E-state index in [1.54, 1.807) is 12.1 Å². The zero-order valence-electron chi connectivity index (χ0n) is 12.7. The van der Waals surface area contributed by atoms with Crippen LogP contribution in [0.15, 0.2) is 42.5 Å². The fourth-order valence-corrected chi connectivity index (χ4v) is 2.64. The van der Waals surface area contributed by atoms with Gasteiger partial charge in [-0.05, 0) is 37.1 Å². The van der Waals surface area contributed by atoms with Crippen molar-refractivity contribution in [2.75, 3.05) is 0 Å². The molecule has 3 nitrogen and oxygen atoms in total. The van der Waals surface area contributed by atoms with E-state index in [1.807, 2.05) is 56.3 Å². The second-order valence-electron chi connectivity index (χ2n) is 6.12. The molecule has 0 fully saturated rings. The van der Waals surface area contributed by atoms with Gasteiger partial charge in [0.1, 0.15) is 22.7 Å². The summed E-state index contributed by atoms with van der Waals surface area (Å²) < 4.78 is 5.85. The van der Waals surface area contributed by atoms with E-state index in [4.69, 9.17) is 4.74 Å². The number of Topliss-reactive ketones (excluding diaryl/α,β-unsaturated/α-hetero) is 1. The first kappa shape index (κ1) is 14.4. The van der Waals surface area contributed by atoms with Crippen molar-refractivity contribution in [1.29, 1.82) is 0 Å². The molecule has 1 aliphatic rings. The third-order valence-corrected chi connectivity index (χ3v) is 3.62. The highest BCUT2D eigenvalue weighted by molar-refractivity contribution is 6.03. The van der Waals surface area contributed by atoms with Crippen LogP contribution in [-0.2, 0) is 0 Å². The van der Waals surface area contributed by atoms with E-state index < -0.39 is 5.60 Å². The monoisotopic (exact) mass is 294 g/mol. The fraction of sp³-hybridized carbons (Fsp3) is 0.211. The number of rotatable bonds is 2. The summed E-state index contributed by atoms with van der Waals surface area (Å²) in [5.74, 6) is 0.349. The van der Waals surface area contributed by atoms with Gasteiger partial charge in [0.2, 0.25) is 0 Å². The van der Waals surface area contributed by atoms with Crippen molar-refractivity contribution < 1.29 is 14.6 Å². The average molecular weight is 294 g/mol. The van der Waals surface area contributed by atoms with Crippen LogP contribution in [0.5, 0.6) is 11.5 Å². The van der Waals surface area contributed by atoms with Gasteiger partial charge in [-0.2, -0.15) is 0 Å². The Bertz CT molecular complexity index is 743. The Morgan fingerprint density at radius 3 is 2.50 bits per heavy atom. The molecule has 2 aromatic rings. The molecule has 0 aromatic heterocycles. The van der Waals surface area contributed by atoms with E-state index in [-0.39, 0.29) is 23.5 Å². The van der Waals surface area contributed by atoms with Gasteiger partial charge in [0.25, 0.3) is 0 Å². The summed E-state index contributed by atoms with van der Waals surface area (Å²) in [5, 5.41) is 10.1. The Hall–Kier alpha value is -2.55. The molecule has 1 N–H and O–H groups in total. The summed E-state index contributed by atoms with van der Waals surface area (Å²) >= 11 is 0. The predicted molar refractivity (Wildman–Crippen MR) is 87.1 cm³/mol. The minimum atomic E-state index is -0.543. The lowest BCUT2D eigenvalue weighted by Crippen LogP contribution is -2.35. The summed E-state index contributed by atoms with van der Waals surface area (Å²) in [5.41, 5.74) is 1.61. The molecule has 2 aromatic carbocycles. The highest BCUT2D eigenvalue weighted by Crippen LogP contribution is 2.39. The molecule has 1 heterocycles. The minimum Gasteiger partial charge on any atom is -0.507 e. The van der Waals surface area contributed by atoms with Crippen LogP contribution in [0.1, 0.15) is 41.8 Å². The van der Waals surface area contributed by atoms with Crippen LogP contribution in [0.2, 0.25) is 0 Å². The van der Waals surface area contributed by atoms with Crippen LogP contribution in [-0.4, -0.2) is 16.5 Å². The smallest absolute Gasteiger partial charge is 0.174 e. The number of fused-ring (bicyclic) bond motifs is 1. The Labute approximate surface area is 129 Å². The quantitative estimate of drug-likeness (QED) is 0.840. The molecule has 3 heteroatoms. The van der Waals surface area contributed by atoms with E-state index in [0.717, 1.165) is 11.1 Å². The molecule has 0 aliphatic carbocycles. The molecule has 0 radical (unpaired) electrons. The summed E-state index contributed by atoms with van der Waals surface area (Å²) in [6, 6.07) is 13.3. The summed E-state index contributed by atoms with van der Waals surface area (Å²) in [4.78, 5) is 12.2. The number of ketones is 1. The molecule has 0 bridgehead atoms. The zero-order chi connectivity index (χ0) is 15.7. The Morgan fingerprint density at radius 2 is 1.77 bits per heavy atom. The van der Waals surface area contributed by atoms with Crippen molar-refractivity contribution in [2.45, 2.75) is 25.9 Å². The lowest BCUT2D eigenvalue weighted by Gasteiger charge is -2.32. The first-order valence-electron chi connectivity index (χ1n) is 7.27. The van der Waals surface area contributed by atoms with Gasteiger partial charge >= 0.3 is 0 Å². The Morgan fingerprint density at radius 1 is 1.09 bits per heavy atom. The van der Waals surface area contributed by atoms with Crippen LogP contribution >= 0.6 is 0 Å². The van der Waals surface area contributed by atoms with Crippen molar-refractivity contribution >= 4 is 17.9 Å². The average Bonchev–Trinajstić information content (AvgIpc) is 2.44. The van der Waals surface area contributed by atoms with Crippen LogP contribution in [0.4, 0.5) is 0 Å². The number of carbonyl (C=O) groups excluding carboxylic acids is 1. The van der Waals surface area contributed by atoms with Gasteiger partial charge in [0.05, 0.1) is 6.42 Å². The second-order valence-corrected chi connectivity index (χ2v) is 6.12. The molecule has 0 amide bonds. The molecular formula is C19H18O3. The molecule has 0 atom stereocenters. The standard InChI is InChI=1S/C19H18O3/c1-19(2)12-16(21)18-15(20)10-14(11-17(18)22-19)9-8-13-6-4-3-5-7-13/h3-11,20H,12H2,1-2H3. The minimum absolute atomic E-state index is 0.0225. The molecule has 0 saturated carbocycles. The van der Waals surface area contributed by atoms with E-state index in [9.17, 15) is 9.90 Å². The number of hydrogen-bond donors (Lipinski definition) is 1. The summed E-state index contributed by atoms with van der Waals surface area (Å²) in [7, 11) is 0. The van der Waals surface area contributed by atoms with Crippen LogP contribution < -0.4 is 4.74 Å². The lowest BCUT2D eigenvalue weighted by molar-refractivity contribution is 0.0614. The van der Waals surface area contributed by atoms with Gasteiger partial charge in [-0.1, -0.05) is 42.5 Å². The number of aromatic hydroxyl groups is 1. The third kappa shape index (κ3) is 2.89. The molecule has 22 heavy (non-hydrogen) atoms. The fourth-order valence-electron chi connectivity index (χ4n) is 2.64. The van der Waals surface area contributed by atoms with E-state index >= 15 is 0 Å². The molecule has 3 rings (SSSR count). The highest BCUT2D eigenvalue weighted by atomic mass is 16.5. The van der Waals surface area contributed by atoms with Crippen LogP contribution in [0.3, 0.4) is 0 Å². The second kappa shape index (κ2) is 5.34. The number of carbonyl (C=O) groups is 1. The molecule has 112 valence electrons. The number of phenolic OH excluding ortho intramolecular Hbond substituents is 1. The van der Waals surface area contributed by atoms with Gasteiger partial charge in [-0.25, -0.2) is 0 Å². The van der Waals surface area contributed by atoms with Gasteiger partial charge in [0, 0.05) is 0 Å². The van der Waals surface area contributed by atoms with Gasteiger partial charge in [-0.3, -0.25) is 4.79 Å². The Balaban J connectivity index is 1.97. The maximum atomic E-state index is 12.2. The number of hydrogen-bond acceptors (Lipinski definition) is 3. The lowest BCUT2D eigenvalue weighted by atomic mass is 9.91. The predicted octanol–water partition coefficient (Wildman–Crippen LogP) is 4.31. The van der Waals surface area contributed by atoms with Gasteiger partial charge in [-0.15, -0.1) is 0 Å². The summed E-state index contributed by atoms with van der Waals surface area (Å²) in [6.45, 7) is 3.74. The van der Waals surface area contributed by atoms with Crippen molar-refractivity contribution in [3.05, 3.63) is 59.2 Å². The Kier molecular flexibility index (Phi) is 3.49. The first-order valence-corrected chi connectivity index (χ1v) is 7.27. The number of phenols is 1. The zero-order valence-corrected chi connectivity index (χ0v) is 12.7. The van der Waals surface area contributed by atoms with Crippen molar-refractivity contribution in [3.63, 3.8) is 0 Å². The van der Waals surface area contributed by atoms with Crippen molar-refractivity contribution in [3.8, 4) is 11.5 Å². The van der Waals surface area contributed by atoms with Gasteiger partial charge < -0.3 is 9.84 Å². The highest BCUT2D eigenvalue weighted by Gasteiger charge is 2.34. The van der Waals surface area contributed by atoms with Crippen LogP contribution in [0.25, 0.3) is 12.2 Å². The maximum Gasteiger partial charge on any atom is 0.174 e. The maximum absolute atomic E-state index is 12.2. The van der Waals surface area contributed by atoms with Crippen molar-refractivity contribution in [1.82, 2.24) is 0 Å². The molecular weight excluding hydrogens is 276 g/mol. The molecule has 0 unspecified atom stereocenters. The normalized spacial score (nSPS) is 16.4. The number of ether oxygens (including phenoxy) is 1. The third-order valence-electron chi connectivity index (χ3n) is 3.62. The van der Waals surface area contributed by atoms with Gasteiger partial charge in [0.15, 0.2) is 5.78 Å². The first-order chi connectivity index (χ1) is 10.4. The SMILES string of the molecule is CC1(C)CC(=O)c2c(O)cc(C=Cc3ccccc3)cc2O1. The summed E-state index contributed by atoms with van der Waals surface area (Å²) in [6.07, 6.45) is 4.12. The topological polar surface area (TPSA) is 46.5 Å².